The second-order valence-corrected chi connectivity index (χ2v) is 3.43. The van der Waals surface area contributed by atoms with Gasteiger partial charge >= 0.3 is 0 Å². The third-order valence-corrected chi connectivity index (χ3v) is 2.27. The van der Waals surface area contributed by atoms with Crippen LogP contribution < -0.4 is 0 Å². The lowest BCUT2D eigenvalue weighted by Crippen LogP contribution is -1.97. The molecular formula is C13H11FN2. The molecule has 0 saturated carbocycles. The van der Waals surface area contributed by atoms with Crippen molar-refractivity contribution in [2.24, 2.45) is 0 Å². The zero-order valence-corrected chi connectivity index (χ0v) is 8.73. The predicted molar refractivity (Wildman–Crippen MR) is 61.1 cm³/mol. The lowest BCUT2D eigenvalue weighted by Gasteiger charge is -1.97. The van der Waals surface area contributed by atoms with Gasteiger partial charge in [0.15, 0.2) is 0 Å². The third-order valence-electron chi connectivity index (χ3n) is 2.27. The van der Waals surface area contributed by atoms with Crippen molar-refractivity contribution in [3.8, 4) is 23.6 Å². The van der Waals surface area contributed by atoms with Gasteiger partial charge in [-0.25, -0.2) is 4.39 Å². The standard InChI is InChI=1S/C13H11FN2/c1-2-3-9-16-10-8-13(15-16)11-4-6-12(14)7-5-11/h1,4-8,10H,3,9H2. The second kappa shape index (κ2) is 4.63. The van der Waals surface area contributed by atoms with E-state index in [1.165, 1.54) is 12.1 Å². The minimum atomic E-state index is -0.240. The Balaban J connectivity index is 2.18. The maximum absolute atomic E-state index is 12.7. The average Bonchev–Trinajstić information content (AvgIpc) is 2.76. The molecule has 0 aliphatic heterocycles. The minimum absolute atomic E-state index is 0.240. The van der Waals surface area contributed by atoms with E-state index in [9.17, 15) is 4.39 Å². The summed E-state index contributed by atoms with van der Waals surface area (Å²) in [5.41, 5.74) is 1.73. The van der Waals surface area contributed by atoms with Crippen molar-refractivity contribution in [2.45, 2.75) is 13.0 Å². The highest BCUT2D eigenvalue weighted by Gasteiger charge is 2.01. The first-order valence-electron chi connectivity index (χ1n) is 5.02. The van der Waals surface area contributed by atoms with Crippen LogP contribution in [0.3, 0.4) is 0 Å². The van der Waals surface area contributed by atoms with Crippen molar-refractivity contribution in [3.63, 3.8) is 0 Å². The molecule has 0 atom stereocenters. The van der Waals surface area contributed by atoms with Gasteiger partial charge in [0, 0.05) is 18.2 Å². The summed E-state index contributed by atoms with van der Waals surface area (Å²) in [6.07, 6.45) is 7.71. The number of hydrogen-bond acceptors (Lipinski definition) is 1. The van der Waals surface area contributed by atoms with Crippen molar-refractivity contribution in [1.82, 2.24) is 9.78 Å². The van der Waals surface area contributed by atoms with Gasteiger partial charge in [0.1, 0.15) is 5.82 Å². The number of nitrogens with zero attached hydrogens (tertiary/aromatic N) is 2. The van der Waals surface area contributed by atoms with E-state index >= 15 is 0 Å². The first-order chi connectivity index (χ1) is 7.79. The maximum Gasteiger partial charge on any atom is 0.123 e. The summed E-state index contributed by atoms with van der Waals surface area (Å²) in [6.45, 7) is 0.706. The Bertz CT molecular complexity index is 505. The fourth-order valence-corrected chi connectivity index (χ4v) is 1.44. The van der Waals surface area contributed by atoms with Gasteiger partial charge in [-0.3, -0.25) is 4.68 Å². The van der Waals surface area contributed by atoms with Crippen molar-refractivity contribution >= 4 is 0 Å². The fraction of sp³-hybridized carbons (Fsp3) is 0.154. The van der Waals surface area contributed by atoms with Crippen LogP contribution in [0.2, 0.25) is 0 Å². The molecule has 2 nitrogen and oxygen atoms in total. The fourth-order valence-electron chi connectivity index (χ4n) is 1.44. The van der Waals surface area contributed by atoms with Crippen molar-refractivity contribution in [1.29, 1.82) is 0 Å². The van der Waals surface area contributed by atoms with E-state index in [0.29, 0.717) is 13.0 Å². The van der Waals surface area contributed by atoms with Crippen molar-refractivity contribution in [3.05, 3.63) is 42.3 Å². The Morgan fingerprint density at radius 2 is 2.00 bits per heavy atom. The Hall–Kier alpha value is -2.08. The van der Waals surface area contributed by atoms with Crippen LogP contribution >= 0.6 is 0 Å². The van der Waals surface area contributed by atoms with Crippen LogP contribution in [-0.2, 0) is 6.54 Å². The van der Waals surface area contributed by atoms with E-state index in [0.717, 1.165) is 11.3 Å². The highest BCUT2D eigenvalue weighted by Crippen LogP contribution is 2.16. The summed E-state index contributed by atoms with van der Waals surface area (Å²) in [4.78, 5) is 0. The van der Waals surface area contributed by atoms with Gasteiger partial charge in [0.2, 0.25) is 0 Å². The Kier molecular flexibility index (Phi) is 3.02. The largest absolute Gasteiger partial charge is 0.271 e. The molecule has 0 aliphatic carbocycles. The van der Waals surface area contributed by atoms with Crippen LogP contribution in [0.25, 0.3) is 11.3 Å². The predicted octanol–water partition coefficient (Wildman–Crippen LogP) is 2.71. The molecule has 1 heterocycles. The summed E-state index contributed by atoms with van der Waals surface area (Å²) < 4.78 is 14.5. The number of terminal acetylenes is 1. The number of aryl methyl sites for hydroxylation is 1. The summed E-state index contributed by atoms with van der Waals surface area (Å²) in [5, 5.41) is 4.35. The number of benzene rings is 1. The molecule has 0 bridgehead atoms. The molecule has 16 heavy (non-hydrogen) atoms. The topological polar surface area (TPSA) is 17.8 Å². The molecule has 2 rings (SSSR count). The molecule has 0 spiro atoms. The van der Waals surface area contributed by atoms with Gasteiger partial charge in [-0.1, -0.05) is 0 Å². The van der Waals surface area contributed by atoms with Crippen LogP contribution in [0, 0.1) is 18.2 Å². The Morgan fingerprint density at radius 3 is 2.69 bits per heavy atom. The van der Waals surface area contributed by atoms with E-state index < -0.39 is 0 Å². The number of rotatable bonds is 3. The molecule has 3 heteroatoms. The van der Waals surface area contributed by atoms with Gasteiger partial charge in [0.05, 0.1) is 12.2 Å². The minimum Gasteiger partial charge on any atom is -0.271 e. The zero-order valence-electron chi connectivity index (χ0n) is 8.73. The molecule has 0 unspecified atom stereocenters. The lowest BCUT2D eigenvalue weighted by molar-refractivity contribution is 0.627. The van der Waals surface area contributed by atoms with E-state index in [4.69, 9.17) is 6.42 Å². The summed E-state index contributed by atoms with van der Waals surface area (Å²) in [7, 11) is 0. The van der Waals surface area contributed by atoms with E-state index in [1.807, 2.05) is 12.3 Å². The number of aromatic nitrogens is 2. The number of halogens is 1. The first kappa shape index (κ1) is 10.4. The zero-order chi connectivity index (χ0) is 11.4. The molecule has 0 fully saturated rings. The van der Waals surface area contributed by atoms with E-state index in [1.54, 1.807) is 16.8 Å². The van der Waals surface area contributed by atoms with Gasteiger partial charge in [0.25, 0.3) is 0 Å². The summed E-state index contributed by atoms with van der Waals surface area (Å²) in [5.74, 6) is 2.32. The normalized spacial score (nSPS) is 10.0. The molecular weight excluding hydrogens is 203 g/mol. The van der Waals surface area contributed by atoms with Gasteiger partial charge in [-0.15, -0.1) is 12.3 Å². The monoisotopic (exact) mass is 214 g/mol. The molecule has 0 N–H and O–H groups in total. The van der Waals surface area contributed by atoms with Crippen LogP contribution in [0.15, 0.2) is 36.5 Å². The molecule has 0 radical (unpaired) electrons. The van der Waals surface area contributed by atoms with Crippen LogP contribution in [0.4, 0.5) is 4.39 Å². The van der Waals surface area contributed by atoms with Crippen LogP contribution in [0.1, 0.15) is 6.42 Å². The van der Waals surface area contributed by atoms with Crippen LogP contribution in [-0.4, -0.2) is 9.78 Å². The summed E-state index contributed by atoms with van der Waals surface area (Å²) in [6, 6.07) is 8.17. The average molecular weight is 214 g/mol. The van der Waals surface area contributed by atoms with Gasteiger partial charge in [-0.05, 0) is 30.3 Å². The van der Waals surface area contributed by atoms with E-state index in [-0.39, 0.29) is 5.82 Å². The highest BCUT2D eigenvalue weighted by atomic mass is 19.1. The molecule has 2 aromatic rings. The molecule has 1 aromatic heterocycles. The highest BCUT2D eigenvalue weighted by molar-refractivity contribution is 5.58. The maximum atomic E-state index is 12.7. The Morgan fingerprint density at radius 1 is 1.25 bits per heavy atom. The quantitative estimate of drug-likeness (QED) is 0.718. The summed E-state index contributed by atoms with van der Waals surface area (Å²) >= 11 is 0. The lowest BCUT2D eigenvalue weighted by atomic mass is 10.1. The molecule has 1 aromatic carbocycles. The Labute approximate surface area is 93.7 Å². The van der Waals surface area contributed by atoms with Crippen molar-refractivity contribution in [2.75, 3.05) is 0 Å². The number of hydrogen-bond donors (Lipinski definition) is 0. The van der Waals surface area contributed by atoms with Crippen molar-refractivity contribution < 1.29 is 4.39 Å². The molecule has 80 valence electrons. The second-order valence-electron chi connectivity index (χ2n) is 3.43. The molecule has 0 amide bonds. The first-order valence-corrected chi connectivity index (χ1v) is 5.02. The molecule has 0 saturated heterocycles. The van der Waals surface area contributed by atoms with E-state index in [2.05, 4.69) is 11.0 Å². The van der Waals surface area contributed by atoms with Gasteiger partial charge < -0.3 is 0 Å². The third kappa shape index (κ3) is 2.29. The SMILES string of the molecule is C#CCCn1ccc(-c2ccc(F)cc2)n1. The van der Waals surface area contributed by atoms with Crippen LogP contribution in [0.5, 0.6) is 0 Å². The molecule has 0 aliphatic rings. The smallest absolute Gasteiger partial charge is 0.123 e. The van der Waals surface area contributed by atoms with Gasteiger partial charge in [-0.2, -0.15) is 5.10 Å².